The summed E-state index contributed by atoms with van der Waals surface area (Å²) in [6.07, 6.45) is 2.15. The smallest absolute Gasteiger partial charge is 0.133 e. The largest absolute Gasteiger partial charge is 0.496 e. The summed E-state index contributed by atoms with van der Waals surface area (Å²) < 4.78 is 16.3. The Bertz CT molecular complexity index is 470. The number of rotatable bonds is 4. The number of benzene rings is 1. The second-order valence-electron chi connectivity index (χ2n) is 5.31. The highest BCUT2D eigenvalue weighted by atomic mass is 16.5. The number of Topliss-reactive ketones (excluding diaryl/α,β-unsaturated/α-hetero) is 1. The molecule has 0 radical (unpaired) electrons. The Morgan fingerprint density at radius 1 is 1.05 bits per heavy atom. The second kappa shape index (κ2) is 6.16. The van der Waals surface area contributed by atoms with Crippen LogP contribution in [0, 0.1) is 5.92 Å². The monoisotopic (exact) mass is 278 g/mol. The van der Waals surface area contributed by atoms with Crippen LogP contribution in [0.2, 0.25) is 0 Å². The third kappa shape index (κ3) is 2.74. The van der Waals surface area contributed by atoms with Gasteiger partial charge in [0.2, 0.25) is 0 Å². The van der Waals surface area contributed by atoms with E-state index in [-0.39, 0.29) is 5.92 Å². The molecule has 110 valence electrons. The lowest BCUT2D eigenvalue weighted by Gasteiger charge is -2.30. The predicted molar refractivity (Wildman–Crippen MR) is 76.9 cm³/mol. The van der Waals surface area contributed by atoms with Crippen LogP contribution >= 0.6 is 0 Å². The molecule has 0 bridgehead atoms. The van der Waals surface area contributed by atoms with Crippen molar-refractivity contribution in [3.05, 3.63) is 17.7 Å². The molecule has 0 N–H and O–H groups in total. The van der Waals surface area contributed by atoms with Crippen LogP contribution in [0.3, 0.4) is 0 Å². The molecule has 0 unspecified atom stereocenters. The first kappa shape index (κ1) is 14.7. The van der Waals surface area contributed by atoms with E-state index in [9.17, 15) is 4.79 Å². The highest BCUT2D eigenvalue weighted by Crippen LogP contribution is 2.46. The maximum absolute atomic E-state index is 11.8. The van der Waals surface area contributed by atoms with Crippen LogP contribution in [0.5, 0.6) is 17.2 Å². The van der Waals surface area contributed by atoms with Gasteiger partial charge in [-0.1, -0.05) is 6.92 Å². The lowest BCUT2D eigenvalue weighted by molar-refractivity contribution is -0.121. The fourth-order valence-corrected chi connectivity index (χ4v) is 2.92. The molecule has 1 fully saturated rings. The summed E-state index contributed by atoms with van der Waals surface area (Å²) in [6, 6.07) is 3.70. The van der Waals surface area contributed by atoms with E-state index in [0.29, 0.717) is 30.3 Å². The van der Waals surface area contributed by atoms with Crippen LogP contribution in [0.15, 0.2) is 12.1 Å². The molecule has 0 heterocycles. The number of hydrogen-bond donors (Lipinski definition) is 0. The zero-order valence-corrected chi connectivity index (χ0v) is 12.6. The topological polar surface area (TPSA) is 44.8 Å². The van der Waals surface area contributed by atoms with Gasteiger partial charge in [-0.05, 0) is 12.3 Å². The third-order valence-corrected chi connectivity index (χ3v) is 4.14. The van der Waals surface area contributed by atoms with E-state index >= 15 is 0 Å². The predicted octanol–water partition coefficient (Wildman–Crippen LogP) is 3.19. The number of carbonyl (C=O) groups is 1. The number of ketones is 1. The van der Waals surface area contributed by atoms with Gasteiger partial charge in [-0.3, -0.25) is 4.79 Å². The highest BCUT2D eigenvalue weighted by Gasteiger charge is 2.32. The van der Waals surface area contributed by atoms with Crippen LogP contribution in [0.25, 0.3) is 0 Å². The molecule has 1 aliphatic carbocycles. The van der Waals surface area contributed by atoms with Crippen LogP contribution in [0.1, 0.15) is 37.7 Å². The van der Waals surface area contributed by atoms with Crippen molar-refractivity contribution in [2.24, 2.45) is 5.92 Å². The van der Waals surface area contributed by atoms with Gasteiger partial charge in [0, 0.05) is 36.5 Å². The van der Waals surface area contributed by atoms with Crippen molar-refractivity contribution in [2.45, 2.75) is 32.1 Å². The molecule has 2 rings (SSSR count). The SMILES string of the molecule is COc1cc(OC)c([C@@H]2CC(=O)CC[C@H]2C)c(OC)c1. The molecule has 1 saturated carbocycles. The van der Waals surface area contributed by atoms with Gasteiger partial charge in [-0.25, -0.2) is 0 Å². The van der Waals surface area contributed by atoms with E-state index < -0.39 is 0 Å². The van der Waals surface area contributed by atoms with E-state index in [4.69, 9.17) is 14.2 Å². The van der Waals surface area contributed by atoms with Crippen molar-refractivity contribution in [2.75, 3.05) is 21.3 Å². The first-order chi connectivity index (χ1) is 9.60. The molecule has 0 spiro atoms. The van der Waals surface area contributed by atoms with Gasteiger partial charge in [-0.2, -0.15) is 0 Å². The molecule has 0 saturated heterocycles. The average molecular weight is 278 g/mol. The zero-order valence-electron chi connectivity index (χ0n) is 12.6. The molecule has 0 aromatic heterocycles. The van der Waals surface area contributed by atoms with Crippen LogP contribution in [-0.4, -0.2) is 27.1 Å². The van der Waals surface area contributed by atoms with E-state index in [1.807, 2.05) is 12.1 Å². The molecule has 1 aliphatic rings. The van der Waals surface area contributed by atoms with Crippen molar-refractivity contribution in [3.63, 3.8) is 0 Å². The van der Waals surface area contributed by atoms with E-state index in [1.54, 1.807) is 21.3 Å². The van der Waals surface area contributed by atoms with Crippen molar-refractivity contribution in [3.8, 4) is 17.2 Å². The Kier molecular flexibility index (Phi) is 4.53. The minimum absolute atomic E-state index is 0.145. The zero-order chi connectivity index (χ0) is 14.7. The number of ether oxygens (including phenoxy) is 3. The minimum atomic E-state index is 0.145. The maximum atomic E-state index is 11.8. The van der Waals surface area contributed by atoms with Gasteiger partial charge in [-0.15, -0.1) is 0 Å². The first-order valence-electron chi connectivity index (χ1n) is 6.92. The van der Waals surface area contributed by atoms with E-state index in [0.717, 1.165) is 23.5 Å². The van der Waals surface area contributed by atoms with Gasteiger partial charge in [0.15, 0.2) is 0 Å². The normalized spacial score (nSPS) is 22.5. The molecular formula is C16H22O4. The van der Waals surface area contributed by atoms with E-state index in [1.165, 1.54) is 0 Å². The summed E-state index contributed by atoms with van der Waals surface area (Å²) in [7, 11) is 4.88. The highest BCUT2D eigenvalue weighted by molar-refractivity contribution is 5.80. The summed E-state index contributed by atoms with van der Waals surface area (Å²) in [5.41, 5.74) is 0.983. The quantitative estimate of drug-likeness (QED) is 0.848. The Hall–Kier alpha value is -1.71. The van der Waals surface area contributed by atoms with Crippen molar-refractivity contribution in [1.29, 1.82) is 0 Å². The molecule has 20 heavy (non-hydrogen) atoms. The van der Waals surface area contributed by atoms with Crippen molar-refractivity contribution in [1.82, 2.24) is 0 Å². The third-order valence-electron chi connectivity index (χ3n) is 4.14. The molecule has 2 atom stereocenters. The Morgan fingerprint density at radius 3 is 2.15 bits per heavy atom. The van der Waals surface area contributed by atoms with Gasteiger partial charge in [0.05, 0.1) is 21.3 Å². The molecule has 0 aliphatic heterocycles. The first-order valence-corrected chi connectivity index (χ1v) is 6.92. The molecule has 4 nitrogen and oxygen atoms in total. The van der Waals surface area contributed by atoms with Gasteiger partial charge < -0.3 is 14.2 Å². The lowest BCUT2D eigenvalue weighted by atomic mass is 9.75. The standard InChI is InChI=1S/C16H22O4/c1-10-5-6-11(17)7-13(10)16-14(19-3)8-12(18-2)9-15(16)20-4/h8-10,13H,5-7H2,1-4H3/t10-,13-/m1/s1. The van der Waals surface area contributed by atoms with Gasteiger partial charge in [0.1, 0.15) is 23.0 Å². The molecule has 0 amide bonds. The Labute approximate surface area is 120 Å². The van der Waals surface area contributed by atoms with E-state index in [2.05, 4.69) is 6.92 Å². The van der Waals surface area contributed by atoms with Gasteiger partial charge >= 0.3 is 0 Å². The van der Waals surface area contributed by atoms with Crippen molar-refractivity contribution < 1.29 is 19.0 Å². The Balaban J connectivity index is 2.50. The van der Waals surface area contributed by atoms with Crippen LogP contribution in [0.4, 0.5) is 0 Å². The lowest BCUT2D eigenvalue weighted by Crippen LogP contribution is -2.22. The number of carbonyl (C=O) groups excluding carboxylic acids is 1. The summed E-state index contributed by atoms with van der Waals surface area (Å²) in [5.74, 6) is 3.04. The number of hydrogen-bond acceptors (Lipinski definition) is 4. The average Bonchev–Trinajstić information content (AvgIpc) is 2.48. The summed E-state index contributed by atoms with van der Waals surface area (Å²) in [4.78, 5) is 11.8. The Morgan fingerprint density at radius 2 is 1.65 bits per heavy atom. The molecular weight excluding hydrogens is 256 g/mol. The van der Waals surface area contributed by atoms with Crippen molar-refractivity contribution >= 4 is 5.78 Å². The maximum Gasteiger partial charge on any atom is 0.133 e. The molecule has 4 heteroatoms. The number of methoxy groups -OCH3 is 3. The fraction of sp³-hybridized carbons (Fsp3) is 0.562. The fourth-order valence-electron chi connectivity index (χ4n) is 2.92. The summed E-state index contributed by atoms with van der Waals surface area (Å²) >= 11 is 0. The van der Waals surface area contributed by atoms with Gasteiger partial charge in [0.25, 0.3) is 0 Å². The van der Waals surface area contributed by atoms with Crippen LogP contribution < -0.4 is 14.2 Å². The van der Waals surface area contributed by atoms with Crippen LogP contribution in [-0.2, 0) is 4.79 Å². The second-order valence-corrected chi connectivity index (χ2v) is 5.31. The summed E-state index contributed by atoms with van der Waals surface area (Å²) in [6.45, 7) is 2.18. The molecule has 1 aromatic carbocycles. The molecule has 1 aromatic rings. The summed E-state index contributed by atoms with van der Waals surface area (Å²) in [5, 5.41) is 0. The minimum Gasteiger partial charge on any atom is -0.496 e.